The van der Waals surface area contributed by atoms with Gasteiger partial charge in [0.2, 0.25) is 0 Å². The Bertz CT molecular complexity index is 347. The fourth-order valence-electron chi connectivity index (χ4n) is 3.12. The van der Waals surface area contributed by atoms with Crippen LogP contribution >= 0.6 is 0 Å². The summed E-state index contributed by atoms with van der Waals surface area (Å²) in [4.78, 5) is 0. The number of hydrogen-bond acceptors (Lipinski definition) is 3. The quantitative estimate of drug-likeness (QED) is 0.622. The lowest BCUT2D eigenvalue weighted by atomic mass is 9.78. The second kappa shape index (κ2) is 5.65. The first-order chi connectivity index (χ1) is 8.26. The van der Waals surface area contributed by atoms with E-state index in [1.807, 2.05) is 10.9 Å². The second-order valence-corrected chi connectivity index (χ2v) is 5.25. The minimum atomic E-state index is 0.250. The third kappa shape index (κ3) is 2.69. The number of nitrogens with zero attached hydrogens (tertiary/aromatic N) is 2. The Morgan fingerprint density at radius 3 is 3.06 bits per heavy atom. The van der Waals surface area contributed by atoms with Gasteiger partial charge in [-0.25, -0.2) is 0 Å². The summed E-state index contributed by atoms with van der Waals surface area (Å²) in [5.41, 5.74) is 4.24. The molecule has 0 aromatic carbocycles. The number of nitrogens with one attached hydrogen (secondary N) is 1. The van der Waals surface area contributed by atoms with Crippen LogP contribution < -0.4 is 11.3 Å². The third-order valence-corrected chi connectivity index (χ3v) is 4.00. The maximum Gasteiger partial charge on any atom is 0.0657 e. The summed E-state index contributed by atoms with van der Waals surface area (Å²) in [5.74, 6) is 7.24. The van der Waals surface area contributed by atoms with E-state index in [1.165, 1.54) is 31.4 Å². The van der Waals surface area contributed by atoms with Crippen LogP contribution in [0, 0.1) is 11.8 Å². The molecule has 4 heteroatoms. The number of aromatic nitrogens is 2. The minimum Gasteiger partial charge on any atom is -0.271 e. The van der Waals surface area contributed by atoms with Gasteiger partial charge >= 0.3 is 0 Å². The van der Waals surface area contributed by atoms with Crippen LogP contribution in [0.5, 0.6) is 0 Å². The van der Waals surface area contributed by atoms with Gasteiger partial charge in [0.15, 0.2) is 0 Å². The van der Waals surface area contributed by atoms with Crippen molar-refractivity contribution >= 4 is 0 Å². The predicted molar refractivity (Wildman–Crippen MR) is 69.1 cm³/mol. The molecule has 1 saturated carbocycles. The van der Waals surface area contributed by atoms with E-state index in [1.54, 1.807) is 0 Å². The lowest BCUT2D eigenvalue weighted by molar-refractivity contribution is 0.217. The van der Waals surface area contributed by atoms with Gasteiger partial charge in [-0.05, 0) is 37.7 Å². The molecule has 4 nitrogen and oxygen atoms in total. The summed E-state index contributed by atoms with van der Waals surface area (Å²) in [6.07, 6.45) is 7.10. The number of rotatable bonds is 4. The molecule has 0 radical (unpaired) electrons. The van der Waals surface area contributed by atoms with Crippen LogP contribution in [0.1, 0.15) is 51.3 Å². The van der Waals surface area contributed by atoms with Crippen LogP contribution in [0.4, 0.5) is 0 Å². The van der Waals surface area contributed by atoms with Crippen molar-refractivity contribution in [2.45, 2.75) is 52.1 Å². The highest BCUT2D eigenvalue weighted by molar-refractivity contribution is 5.08. The van der Waals surface area contributed by atoms with Crippen molar-refractivity contribution in [3.05, 3.63) is 18.0 Å². The number of hydrogen-bond donors (Lipinski definition) is 2. The van der Waals surface area contributed by atoms with E-state index >= 15 is 0 Å². The van der Waals surface area contributed by atoms with Crippen LogP contribution in [0.3, 0.4) is 0 Å². The van der Waals surface area contributed by atoms with Crippen molar-refractivity contribution in [2.75, 3.05) is 0 Å². The van der Waals surface area contributed by atoms with Crippen molar-refractivity contribution in [1.29, 1.82) is 0 Å². The molecule has 0 aliphatic heterocycles. The van der Waals surface area contributed by atoms with Crippen LogP contribution in [0.2, 0.25) is 0 Å². The SMILES string of the molecule is CCn1nccc1C(NN)C1CCCC(C)C1. The minimum absolute atomic E-state index is 0.250. The number of nitrogens with two attached hydrogens (primary N) is 1. The molecule has 1 aromatic rings. The Hall–Kier alpha value is -0.870. The zero-order valence-electron chi connectivity index (χ0n) is 10.9. The Morgan fingerprint density at radius 2 is 2.41 bits per heavy atom. The first-order valence-corrected chi connectivity index (χ1v) is 6.74. The Morgan fingerprint density at radius 1 is 1.59 bits per heavy atom. The molecular formula is C13H24N4. The lowest BCUT2D eigenvalue weighted by Gasteiger charge is -2.33. The predicted octanol–water partition coefficient (Wildman–Crippen LogP) is 2.23. The Balaban J connectivity index is 2.15. The van der Waals surface area contributed by atoms with E-state index in [9.17, 15) is 0 Å². The number of hydrazine groups is 1. The zero-order valence-corrected chi connectivity index (χ0v) is 10.9. The molecule has 2 rings (SSSR count). The normalized spacial score (nSPS) is 27.0. The molecule has 96 valence electrons. The van der Waals surface area contributed by atoms with Gasteiger partial charge in [-0.15, -0.1) is 0 Å². The van der Waals surface area contributed by atoms with Crippen molar-refractivity contribution in [3.63, 3.8) is 0 Å². The summed E-state index contributed by atoms with van der Waals surface area (Å²) in [5, 5.41) is 4.34. The van der Waals surface area contributed by atoms with Crippen LogP contribution in [0.25, 0.3) is 0 Å². The summed E-state index contributed by atoms with van der Waals surface area (Å²) < 4.78 is 2.05. The zero-order chi connectivity index (χ0) is 12.3. The van der Waals surface area contributed by atoms with Gasteiger partial charge in [0.25, 0.3) is 0 Å². The molecule has 3 unspecified atom stereocenters. The van der Waals surface area contributed by atoms with Crippen molar-refractivity contribution in [3.8, 4) is 0 Å². The van der Waals surface area contributed by atoms with E-state index < -0.39 is 0 Å². The molecule has 1 aliphatic rings. The van der Waals surface area contributed by atoms with Crippen molar-refractivity contribution in [2.24, 2.45) is 17.7 Å². The van der Waals surface area contributed by atoms with Crippen molar-refractivity contribution < 1.29 is 0 Å². The summed E-state index contributed by atoms with van der Waals surface area (Å²) in [6.45, 7) is 5.37. The molecule has 3 atom stereocenters. The van der Waals surface area contributed by atoms with Gasteiger partial charge in [-0.3, -0.25) is 16.0 Å². The monoisotopic (exact) mass is 236 g/mol. The highest BCUT2D eigenvalue weighted by Crippen LogP contribution is 2.36. The highest BCUT2D eigenvalue weighted by atomic mass is 15.3. The van der Waals surface area contributed by atoms with Gasteiger partial charge in [-0.1, -0.05) is 19.8 Å². The Labute approximate surface area is 104 Å². The molecule has 1 aliphatic carbocycles. The molecule has 1 heterocycles. The van der Waals surface area contributed by atoms with Crippen molar-refractivity contribution in [1.82, 2.24) is 15.2 Å². The maximum atomic E-state index is 5.77. The van der Waals surface area contributed by atoms with Gasteiger partial charge in [-0.2, -0.15) is 5.10 Å². The first-order valence-electron chi connectivity index (χ1n) is 6.74. The molecule has 17 heavy (non-hydrogen) atoms. The van der Waals surface area contributed by atoms with E-state index in [0.717, 1.165) is 12.5 Å². The molecule has 0 bridgehead atoms. The molecule has 0 saturated heterocycles. The Kier molecular flexibility index (Phi) is 4.18. The standard InChI is InChI=1S/C13H24N4/c1-3-17-12(7-8-15-17)13(16-14)11-6-4-5-10(2)9-11/h7-8,10-11,13,16H,3-6,9,14H2,1-2H3. The molecule has 0 amide bonds. The van der Waals surface area contributed by atoms with E-state index in [4.69, 9.17) is 5.84 Å². The fourth-order valence-corrected chi connectivity index (χ4v) is 3.12. The van der Waals surface area contributed by atoms with Crippen LogP contribution in [-0.2, 0) is 6.54 Å². The third-order valence-electron chi connectivity index (χ3n) is 4.00. The van der Waals surface area contributed by atoms with E-state index in [2.05, 4.69) is 30.4 Å². The maximum absolute atomic E-state index is 5.77. The van der Waals surface area contributed by atoms with Gasteiger partial charge in [0.1, 0.15) is 0 Å². The van der Waals surface area contributed by atoms with E-state index in [-0.39, 0.29) is 6.04 Å². The van der Waals surface area contributed by atoms with E-state index in [0.29, 0.717) is 5.92 Å². The smallest absolute Gasteiger partial charge is 0.0657 e. The van der Waals surface area contributed by atoms with Gasteiger partial charge in [0.05, 0.1) is 11.7 Å². The summed E-state index contributed by atoms with van der Waals surface area (Å²) in [6, 6.07) is 2.34. The van der Waals surface area contributed by atoms with Gasteiger partial charge < -0.3 is 0 Å². The topological polar surface area (TPSA) is 55.9 Å². The summed E-state index contributed by atoms with van der Waals surface area (Å²) >= 11 is 0. The fraction of sp³-hybridized carbons (Fsp3) is 0.769. The molecule has 1 fully saturated rings. The molecular weight excluding hydrogens is 212 g/mol. The average Bonchev–Trinajstić information content (AvgIpc) is 2.78. The molecule has 3 N–H and O–H groups in total. The van der Waals surface area contributed by atoms with Crippen LogP contribution in [0.15, 0.2) is 12.3 Å². The number of aryl methyl sites for hydroxylation is 1. The first kappa shape index (κ1) is 12.6. The van der Waals surface area contributed by atoms with Crippen LogP contribution in [-0.4, -0.2) is 9.78 Å². The molecule has 0 spiro atoms. The largest absolute Gasteiger partial charge is 0.271 e. The summed E-state index contributed by atoms with van der Waals surface area (Å²) in [7, 11) is 0. The lowest BCUT2D eigenvalue weighted by Crippen LogP contribution is -2.37. The van der Waals surface area contributed by atoms with Gasteiger partial charge in [0, 0.05) is 12.7 Å². The highest BCUT2D eigenvalue weighted by Gasteiger charge is 2.28. The second-order valence-electron chi connectivity index (χ2n) is 5.25. The average molecular weight is 236 g/mol. The molecule has 1 aromatic heterocycles.